The lowest BCUT2D eigenvalue weighted by Gasteiger charge is -2.16. The Bertz CT molecular complexity index is 585. The number of hydrogen-bond acceptors (Lipinski definition) is 3. The van der Waals surface area contributed by atoms with E-state index in [0.29, 0.717) is 23.9 Å². The van der Waals surface area contributed by atoms with Gasteiger partial charge in [-0.3, -0.25) is 0 Å². The third-order valence-corrected chi connectivity index (χ3v) is 3.16. The molecular weight excluding hydrogens is 301 g/mol. The highest BCUT2D eigenvalue weighted by Gasteiger charge is 2.19. The Labute approximate surface area is 126 Å². The van der Waals surface area contributed by atoms with Crippen LogP contribution in [0.15, 0.2) is 24.3 Å². The van der Waals surface area contributed by atoms with Gasteiger partial charge in [0.1, 0.15) is 12.4 Å². The van der Waals surface area contributed by atoms with Crippen molar-refractivity contribution in [2.45, 2.75) is 0 Å². The molecule has 0 bridgehead atoms. The number of ether oxygens (including phenoxy) is 2. The predicted octanol–water partition coefficient (Wildman–Crippen LogP) is 3.38. The molecule has 0 atom stereocenters. The summed E-state index contributed by atoms with van der Waals surface area (Å²) in [6.07, 6.45) is 8.39. The smallest absolute Gasteiger partial charge is 0.415 e. The molecule has 1 amide bonds. The normalized spacial score (nSPS) is 13.2. The molecule has 20 heavy (non-hydrogen) atoms. The molecule has 2 rings (SSSR count). The van der Waals surface area contributed by atoms with Gasteiger partial charge in [-0.2, -0.15) is 0 Å². The van der Waals surface area contributed by atoms with Crippen LogP contribution in [-0.2, 0) is 0 Å². The van der Waals surface area contributed by atoms with E-state index in [1.165, 1.54) is 17.0 Å². The van der Waals surface area contributed by atoms with Crippen molar-refractivity contribution in [2.75, 3.05) is 19.7 Å². The Morgan fingerprint density at radius 1 is 1.25 bits per heavy atom. The quantitative estimate of drug-likeness (QED) is 0.634. The van der Waals surface area contributed by atoms with Gasteiger partial charge in [0.25, 0.3) is 0 Å². The van der Waals surface area contributed by atoms with Gasteiger partial charge in [0.05, 0.1) is 10.0 Å². The van der Waals surface area contributed by atoms with E-state index in [1.54, 1.807) is 0 Å². The molecule has 4 nitrogen and oxygen atoms in total. The Hall–Kier alpha value is -1.83. The van der Waals surface area contributed by atoms with Crippen molar-refractivity contribution in [2.24, 2.45) is 0 Å². The van der Waals surface area contributed by atoms with E-state index in [-0.39, 0.29) is 17.4 Å². The summed E-state index contributed by atoms with van der Waals surface area (Å²) < 4.78 is 10.5. The summed E-state index contributed by atoms with van der Waals surface area (Å²) in [6.45, 7) is 1.10. The molecular formula is C14H11Cl2NO3. The summed E-state index contributed by atoms with van der Waals surface area (Å²) in [6, 6.07) is 2.89. The average Bonchev–Trinajstić information content (AvgIpc) is 2.94. The minimum absolute atomic E-state index is 0.0603. The van der Waals surface area contributed by atoms with E-state index in [0.717, 1.165) is 0 Å². The third kappa shape index (κ3) is 3.38. The van der Waals surface area contributed by atoms with Gasteiger partial charge in [0, 0.05) is 19.2 Å². The van der Waals surface area contributed by atoms with Crippen LogP contribution < -0.4 is 9.47 Å². The van der Waals surface area contributed by atoms with Crippen LogP contribution in [0.4, 0.5) is 4.79 Å². The molecule has 0 fully saturated rings. The molecule has 1 aromatic rings. The predicted molar refractivity (Wildman–Crippen MR) is 77.5 cm³/mol. The lowest BCUT2D eigenvalue weighted by atomic mass is 10.3. The van der Waals surface area contributed by atoms with Crippen molar-refractivity contribution in [1.82, 2.24) is 4.90 Å². The number of amides is 1. The lowest BCUT2D eigenvalue weighted by Crippen LogP contribution is -2.31. The minimum atomic E-state index is -0.484. The Morgan fingerprint density at radius 3 is 2.55 bits per heavy atom. The number of carbonyl (C=O) groups excluding carboxylic acids is 1. The third-order valence-electron chi connectivity index (χ3n) is 2.57. The van der Waals surface area contributed by atoms with Crippen LogP contribution in [-0.4, -0.2) is 30.7 Å². The standard InChI is InChI=1S/C14H11Cl2NO3/c1-2-7-19-12-9-13(11(16)8-10(12)15)20-14(18)17-5-3-4-6-17/h1,3-4,8-9H,5-7H2. The lowest BCUT2D eigenvalue weighted by molar-refractivity contribution is 0.164. The Balaban J connectivity index is 2.14. The van der Waals surface area contributed by atoms with E-state index in [2.05, 4.69) is 5.92 Å². The number of rotatable bonds is 3. The molecule has 1 aromatic carbocycles. The van der Waals surface area contributed by atoms with Crippen LogP contribution in [0.1, 0.15) is 0 Å². The van der Waals surface area contributed by atoms with Gasteiger partial charge in [-0.15, -0.1) is 6.42 Å². The molecule has 0 unspecified atom stereocenters. The molecule has 104 valence electrons. The summed E-state index contributed by atoms with van der Waals surface area (Å²) in [7, 11) is 0. The highest BCUT2D eigenvalue weighted by Crippen LogP contribution is 2.36. The van der Waals surface area contributed by atoms with Gasteiger partial charge in [-0.1, -0.05) is 41.3 Å². The first kappa shape index (κ1) is 14.6. The van der Waals surface area contributed by atoms with Crippen LogP contribution in [0.5, 0.6) is 11.5 Å². The fourth-order valence-electron chi connectivity index (χ4n) is 1.60. The largest absolute Gasteiger partial charge is 0.479 e. The number of hydrogen-bond donors (Lipinski definition) is 0. The van der Waals surface area contributed by atoms with Crippen molar-refractivity contribution in [3.8, 4) is 23.8 Å². The van der Waals surface area contributed by atoms with Crippen LogP contribution in [0.3, 0.4) is 0 Å². The monoisotopic (exact) mass is 311 g/mol. The van der Waals surface area contributed by atoms with Gasteiger partial charge in [0.15, 0.2) is 5.75 Å². The number of halogens is 2. The summed E-state index contributed by atoms with van der Waals surface area (Å²) in [5.41, 5.74) is 0. The topological polar surface area (TPSA) is 38.8 Å². The Kier molecular flexibility index (Phi) is 4.78. The summed E-state index contributed by atoms with van der Waals surface area (Å²) in [5, 5.41) is 0.524. The second kappa shape index (κ2) is 6.56. The first-order valence-electron chi connectivity index (χ1n) is 5.79. The molecule has 0 radical (unpaired) electrons. The van der Waals surface area contributed by atoms with Gasteiger partial charge in [-0.05, 0) is 6.07 Å². The molecule has 0 N–H and O–H groups in total. The van der Waals surface area contributed by atoms with Gasteiger partial charge >= 0.3 is 6.09 Å². The minimum Gasteiger partial charge on any atom is -0.479 e. The fourth-order valence-corrected chi connectivity index (χ4v) is 2.08. The molecule has 0 spiro atoms. The van der Waals surface area contributed by atoms with Crippen LogP contribution in [0, 0.1) is 12.3 Å². The van der Waals surface area contributed by atoms with E-state index in [1.807, 2.05) is 12.2 Å². The van der Waals surface area contributed by atoms with Crippen molar-refractivity contribution < 1.29 is 14.3 Å². The second-order valence-corrected chi connectivity index (χ2v) is 4.76. The van der Waals surface area contributed by atoms with Gasteiger partial charge in [-0.25, -0.2) is 4.79 Å². The van der Waals surface area contributed by atoms with Gasteiger partial charge < -0.3 is 14.4 Å². The first-order chi connectivity index (χ1) is 9.61. The average molecular weight is 312 g/mol. The van der Waals surface area contributed by atoms with E-state index in [9.17, 15) is 4.79 Å². The van der Waals surface area contributed by atoms with Crippen molar-refractivity contribution in [3.63, 3.8) is 0 Å². The summed E-state index contributed by atoms with van der Waals surface area (Å²) in [5.74, 6) is 2.82. The highest BCUT2D eigenvalue weighted by molar-refractivity contribution is 6.36. The number of benzene rings is 1. The molecule has 1 aliphatic heterocycles. The van der Waals surface area contributed by atoms with Crippen LogP contribution in [0.25, 0.3) is 0 Å². The Morgan fingerprint density at radius 2 is 1.90 bits per heavy atom. The molecule has 0 saturated carbocycles. The van der Waals surface area contributed by atoms with E-state index in [4.69, 9.17) is 39.1 Å². The zero-order valence-corrected chi connectivity index (χ0v) is 11.9. The van der Waals surface area contributed by atoms with E-state index >= 15 is 0 Å². The molecule has 0 aromatic heterocycles. The van der Waals surface area contributed by atoms with Crippen molar-refractivity contribution >= 4 is 29.3 Å². The first-order valence-corrected chi connectivity index (χ1v) is 6.54. The zero-order chi connectivity index (χ0) is 14.5. The van der Waals surface area contributed by atoms with Crippen molar-refractivity contribution in [3.05, 3.63) is 34.3 Å². The maximum absolute atomic E-state index is 11.9. The summed E-state index contributed by atoms with van der Waals surface area (Å²) in [4.78, 5) is 13.4. The number of nitrogens with zero attached hydrogens (tertiary/aromatic N) is 1. The highest BCUT2D eigenvalue weighted by atomic mass is 35.5. The maximum Gasteiger partial charge on any atom is 0.415 e. The van der Waals surface area contributed by atoms with Crippen LogP contribution in [0.2, 0.25) is 10.0 Å². The SMILES string of the molecule is C#CCOc1cc(OC(=O)N2CC=CC2)c(Cl)cc1Cl. The fraction of sp³-hybridized carbons (Fsp3) is 0.214. The van der Waals surface area contributed by atoms with Crippen molar-refractivity contribution in [1.29, 1.82) is 0 Å². The number of carbonyl (C=O) groups is 1. The second-order valence-electron chi connectivity index (χ2n) is 3.95. The van der Waals surface area contributed by atoms with Crippen LogP contribution >= 0.6 is 23.2 Å². The summed E-state index contributed by atoms with van der Waals surface area (Å²) >= 11 is 12.0. The van der Waals surface area contributed by atoms with E-state index < -0.39 is 6.09 Å². The zero-order valence-electron chi connectivity index (χ0n) is 10.4. The molecule has 1 aliphatic rings. The number of terminal acetylenes is 1. The molecule has 0 aliphatic carbocycles. The van der Waals surface area contributed by atoms with Gasteiger partial charge in [0.2, 0.25) is 0 Å². The molecule has 1 heterocycles. The molecule has 0 saturated heterocycles. The maximum atomic E-state index is 11.9. The molecule has 6 heteroatoms.